The molecule has 2 N–H and O–H groups in total. The Morgan fingerprint density at radius 1 is 1.41 bits per heavy atom. The number of hydrogen-bond donors (Lipinski definition) is 2. The number of nitrogens with one attached hydrogen (secondary N) is 1. The molecule has 1 atom stereocenters. The van der Waals surface area contributed by atoms with Gasteiger partial charge in [0.2, 0.25) is 5.91 Å². The Labute approximate surface area is 127 Å². The fourth-order valence-electron chi connectivity index (χ4n) is 3.00. The highest BCUT2D eigenvalue weighted by atomic mass is 16.4. The van der Waals surface area contributed by atoms with Gasteiger partial charge < -0.3 is 10.4 Å². The number of nitrogens with zero attached hydrogens (tertiary/aromatic N) is 1. The Morgan fingerprint density at radius 3 is 2.86 bits per heavy atom. The Bertz CT molecular complexity index is 708. The van der Waals surface area contributed by atoms with Crippen molar-refractivity contribution >= 4 is 17.7 Å². The summed E-state index contributed by atoms with van der Waals surface area (Å²) >= 11 is 0. The second-order valence-corrected chi connectivity index (χ2v) is 5.53. The standard InChI is InChI=1S/C16H16N2O4/c1-9-3-2-4-10(7-9)14(21)13-11(8-12(19)20)16(22)18-6-5-17-15(13)18/h2-4,7,11,17H,5-6,8H2,1H3,(H,19,20)/t11-/m1/s1. The van der Waals surface area contributed by atoms with Crippen molar-refractivity contribution in [1.82, 2.24) is 10.2 Å². The van der Waals surface area contributed by atoms with E-state index in [0.29, 0.717) is 24.5 Å². The number of carboxylic acid groups (broad SMARTS) is 1. The third-order valence-corrected chi connectivity index (χ3v) is 3.97. The number of carboxylic acids is 1. The van der Waals surface area contributed by atoms with Crippen molar-refractivity contribution in [3.05, 3.63) is 46.8 Å². The highest BCUT2D eigenvalue weighted by Gasteiger charge is 2.45. The van der Waals surface area contributed by atoms with E-state index in [9.17, 15) is 14.4 Å². The fraction of sp³-hybridized carbons (Fsp3) is 0.312. The first-order valence-corrected chi connectivity index (χ1v) is 7.11. The molecule has 2 aliphatic rings. The Balaban J connectivity index is 2.04. The van der Waals surface area contributed by atoms with E-state index >= 15 is 0 Å². The second kappa shape index (κ2) is 5.29. The van der Waals surface area contributed by atoms with Crippen LogP contribution in [0.4, 0.5) is 0 Å². The first kappa shape index (κ1) is 14.3. The van der Waals surface area contributed by atoms with Gasteiger partial charge in [0.1, 0.15) is 5.82 Å². The van der Waals surface area contributed by atoms with Gasteiger partial charge in [0.15, 0.2) is 5.78 Å². The van der Waals surface area contributed by atoms with Gasteiger partial charge in [-0.2, -0.15) is 0 Å². The van der Waals surface area contributed by atoms with Crippen LogP contribution in [-0.2, 0) is 9.59 Å². The number of amides is 1. The van der Waals surface area contributed by atoms with Crippen molar-refractivity contribution in [2.45, 2.75) is 13.3 Å². The Hall–Kier alpha value is -2.63. The van der Waals surface area contributed by atoms with Crippen LogP contribution in [0.1, 0.15) is 22.3 Å². The zero-order valence-electron chi connectivity index (χ0n) is 12.1. The molecule has 0 saturated carbocycles. The highest BCUT2D eigenvalue weighted by molar-refractivity contribution is 6.15. The summed E-state index contributed by atoms with van der Waals surface area (Å²) in [6.45, 7) is 2.92. The molecule has 2 heterocycles. The lowest BCUT2D eigenvalue weighted by Gasteiger charge is -2.12. The van der Waals surface area contributed by atoms with E-state index in [4.69, 9.17) is 5.11 Å². The van der Waals surface area contributed by atoms with Gasteiger partial charge >= 0.3 is 5.97 Å². The van der Waals surface area contributed by atoms with Gasteiger partial charge in [0.05, 0.1) is 17.9 Å². The second-order valence-electron chi connectivity index (χ2n) is 5.53. The summed E-state index contributed by atoms with van der Waals surface area (Å²) in [6, 6.07) is 7.08. The molecular formula is C16H16N2O4. The minimum absolute atomic E-state index is 0.274. The minimum Gasteiger partial charge on any atom is -0.481 e. The molecule has 1 amide bonds. The predicted octanol–water partition coefficient (Wildman–Crippen LogP) is 0.926. The average molecular weight is 300 g/mol. The van der Waals surface area contributed by atoms with E-state index in [1.165, 1.54) is 4.90 Å². The molecule has 0 unspecified atom stereocenters. The number of ketones is 1. The third-order valence-electron chi connectivity index (χ3n) is 3.97. The maximum atomic E-state index is 12.8. The van der Waals surface area contributed by atoms with E-state index in [2.05, 4.69) is 5.32 Å². The topological polar surface area (TPSA) is 86.7 Å². The molecular weight excluding hydrogens is 284 g/mol. The number of aryl methyl sites for hydroxylation is 1. The van der Waals surface area contributed by atoms with Crippen LogP contribution in [0.5, 0.6) is 0 Å². The number of rotatable bonds is 4. The van der Waals surface area contributed by atoms with Crippen LogP contribution >= 0.6 is 0 Å². The quantitative estimate of drug-likeness (QED) is 0.808. The van der Waals surface area contributed by atoms with Crippen LogP contribution in [-0.4, -0.2) is 40.8 Å². The molecule has 22 heavy (non-hydrogen) atoms. The van der Waals surface area contributed by atoms with Gasteiger partial charge in [-0.1, -0.05) is 23.8 Å². The summed E-state index contributed by atoms with van der Waals surface area (Å²) in [5.41, 5.74) is 1.68. The zero-order chi connectivity index (χ0) is 15.9. The van der Waals surface area contributed by atoms with Crippen molar-refractivity contribution in [1.29, 1.82) is 0 Å². The molecule has 0 bridgehead atoms. The number of carbonyl (C=O) groups excluding carboxylic acids is 2. The fourth-order valence-corrected chi connectivity index (χ4v) is 3.00. The molecule has 1 fully saturated rings. The molecule has 0 spiro atoms. The number of benzene rings is 1. The molecule has 6 nitrogen and oxygen atoms in total. The molecule has 3 rings (SSSR count). The lowest BCUT2D eigenvalue weighted by molar-refractivity contribution is -0.141. The molecule has 0 aromatic heterocycles. The zero-order valence-corrected chi connectivity index (χ0v) is 12.1. The van der Waals surface area contributed by atoms with Gasteiger partial charge in [0, 0.05) is 18.7 Å². The van der Waals surface area contributed by atoms with Gasteiger partial charge in [-0.3, -0.25) is 19.3 Å². The first-order chi connectivity index (χ1) is 10.5. The van der Waals surface area contributed by atoms with Crippen LogP contribution in [0.3, 0.4) is 0 Å². The Kier molecular flexibility index (Phi) is 3.44. The Morgan fingerprint density at radius 2 is 2.18 bits per heavy atom. The molecule has 1 aromatic rings. The van der Waals surface area contributed by atoms with Gasteiger partial charge in [-0.05, 0) is 13.0 Å². The van der Waals surface area contributed by atoms with E-state index in [1.807, 2.05) is 13.0 Å². The maximum absolute atomic E-state index is 12.8. The average Bonchev–Trinajstić information content (AvgIpc) is 3.02. The van der Waals surface area contributed by atoms with E-state index in [0.717, 1.165) is 5.56 Å². The summed E-state index contributed by atoms with van der Waals surface area (Å²) in [5, 5.41) is 12.1. The van der Waals surface area contributed by atoms with Crippen LogP contribution in [0.25, 0.3) is 0 Å². The highest BCUT2D eigenvalue weighted by Crippen LogP contribution is 2.34. The maximum Gasteiger partial charge on any atom is 0.304 e. The van der Waals surface area contributed by atoms with Crippen molar-refractivity contribution < 1.29 is 19.5 Å². The largest absolute Gasteiger partial charge is 0.481 e. The SMILES string of the molecule is Cc1cccc(C(=O)C2=C3NCCN3C(=O)[C@@H]2CC(=O)O)c1. The summed E-state index contributed by atoms with van der Waals surface area (Å²) in [5.74, 6) is -2.11. The van der Waals surface area contributed by atoms with Crippen LogP contribution < -0.4 is 5.32 Å². The van der Waals surface area contributed by atoms with Crippen molar-refractivity contribution in [3.63, 3.8) is 0 Å². The van der Waals surface area contributed by atoms with Gasteiger partial charge in [-0.25, -0.2) is 0 Å². The summed E-state index contributed by atoms with van der Waals surface area (Å²) in [4.78, 5) is 37.7. The van der Waals surface area contributed by atoms with Crippen LogP contribution in [0.15, 0.2) is 35.7 Å². The number of aliphatic carboxylic acids is 1. The monoisotopic (exact) mass is 300 g/mol. The molecule has 1 aromatic carbocycles. The van der Waals surface area contributed by atoms with E-state index in [-0.39, 0.29) is 23.7 Å². The van der Waals surface area contributed by atoms with Crippen LogP contribution in [0, 0.1) is 12.8 Å². The predicted molar refractivity (Wildman–Crippen MR) is 78.0 cm³/mol. The van der Waals surface area contributed by atoms with E-state index < -0.39 is 11.9 Å². The normalized spacial score (nSPS) is 20.1. The molecule has 0 aliphatic carbocycles. The third kappa shape index (κ3) is 2.26. The molecule has 0 radical (unpaired) electrons. The van der Waals surface area contributed by atoms with Crippen molar-refractivity contribution in [3.8, 4) is 0 Å². The summed E-state index contributed by atoms with van der Waals surface area (Å²) in [6.07, 6.45) is -0.368. The van der Waals surface area contributed by atoms with Gasteiger partial charge in [0.25, 0.3) is 0 Å². The number of Topliss-reactive ketones (excluding diaryl/α,β-unsaturated/α-hetero) is 1. The van der Waals surface area contributed by atoms with Gasteiger partial charge in [-0.15, -0.1) is 0 Å². The van der Waals surface area contributed by atoms with E-state index in [1.54, 1.807) is 18.2 Å². The smallest absolute Gasteiger partial charge is 0.304 e. The molecule has 6 heteroatoms. The van der Waals surface area contributed by atoms with Crippen molar-refractivity contribution in [2.75, 3.05) is 13.1 Å². The number of hydrogen-bond acceptors (Lipinski definition) is 4. The molecule has 2 aliphatic heterocycles. The van der Waals surface area contributed by atoms with Crippen molar-refractivity contribution in [2.24, 2.45) is 5.92 Å². The summed E-state index contributed by atoms with van der Waals surface area (Å²) in [7, 11) is 0. The first-order valence-electron chi connectivity index (χ1n) is 7.11. The lowest BCUT2D eigenvalue weighted by atomic mass is 9.90. The lowest BCUT2D eigenvalue weighted by Crippen LogP contribution is -2.29. The summed E-state index contributed by atoms with van der Waals surface area (Å²) < 4.78 is 0. The molecule has 1 saturated heterocycles. The molecule has 114 valence electrons. The minimum atomic E-state index is -1.09. The van der Waals surface area contributed by atoms with Crippen LogP contribution in [0.2, 0.25) is 0 Å². The number of fused-ring (bicyclic) bond motifs is 1. The number of carbonyl (C=O) groups is 3.